The van der Waals surface area contributed by atoms with Crippen LogP contribution in [-0.2, 0) is 19.8 Å². The van der Waals surface area contributed by atoms with Gasteiger partial charge in [0.25, 0.3) is 10.2 Å². The van der Waals surface area contributed by atoms with Crippen molar-refractivity contribution in [3.63, 3.8) is 0 Å². The number of hydrogen-bond donors (Lipinski definition) is 5. The summed E-state index contributed by atoms with van der Waals surface area (Å²) in [5, 5.41) is 10.9. The maximum absolute atomic E-state index is 11.3. The largest absolute Gasteiger partial charge is 0.480 e. The van der Waals surface area contributed by atoms with Gasteiger partial charge in [-0.1, -0.05) is 0 Å². The molecule has 1 atom stereocenters. The maximum Gasteiger partial charge on any atom is 0.320 e. The molecular weight excluding hydrogens is 264 g/mol. The van der Waals surface area contributed by atoms with E-state index in [9.17, 15) is 18.0 Å². The van der Waals surface area contributed by atoms with Gasteiger partial charge in [0.2, 0.25) is 5.91 Å². The van der Waals surface area contributed by atoms with Crippen molar-refractivity contribution >= 4 is 22.1 Å². The van der Waals surface area contributed by atoms with Gasteiger partial charge >= 0.3 is 5.97 Å². The lowest BCUT2D eigenvalue weighted by atomic mass is 10.2. The Morgan fingerprint density at radius 2 is 1.78 bits per heavy atom. The second-order valence-electron chi connectivity index (χ2n) is 3.51. The Hall–Kier alpha value is -1.23. The van der Waals surface area contributed by atoms with Gasteiger partial charge in [0, 0.05) is 26.6 Å². The van der Waals surface area contributed by atoms with Gasteiger partial charge in [-0.25, -0.2) is 9.44 Å². The number of amides is 1. The van der Waals surface area contributed by atoms with Crippen molar-refractivity contribution in [2.45, 2.75) is 19.4 Å². The van der Waals surface area contributed by atoms with E-state index in [0.717, 1.165) is 0 Å². The lowest BCUT2D eigenvalue weighted by molar-refractivity contribution is -0.138. The Labute approximate surface area is 105 Å². The highest BCUT2D eigenvalue weighted by Crippen LogP contribution is 1.87. The van der Waals surface area contributed by atoms with E-state index in [1.165, 1.54) is 6.92 Å². The van der Waals surface area contributed by atoms with Crippen LogP contribution in [0.1, 0.15) is 13.3 Å². The topological polar surface area (TPSA) is 151 Å². The molecule has 0 bridgehead atoms. The molecule has 18 heavy (non-hydrogen) atoms. The summed E-state index contributed by atoms with van der Waals surface area (Å²) in [6, 6.07) is -1.10. The number of carbonyl (C=O) groups excluding carboxylic acids is 1. The Balaban J connectivity index is 3.80. The third kappa shape index (κ3) is 8.87. The van der Waals surface area contributed by atoms with E-state index in [0.29, 0.717) is 0 Å². The molecule has 0 aromatic carbocycles. The Kier molecular flexibility index (Phi) is 7.43. The smallest absolute Gasteiger partial charge is 0.320 e. The first-order chi connectivity index (χ1) is 8.24. The molecule has 0 rings (SSSR count). The summed E-state index contributed by atoms with van der Waals surface area (Å²) in [7, 11) is -3.70. The molecule has 0 saturated carbocycles. The van der Waals surface area contributed by atoms with Gasteiger partial charge in [-0.05, 0) is 6.42 Å². The van der Waals surface area contributed by atoms with E-state index in [1.807, 2.05) is 0 Å². The summed E-state index contributed by atoms with van der Waals surface area (Å²) in [4.78, 5) is 20.9. The molecule has 10 heteroatoms. The molecule has 0 aliphatic heterocycles. The third-order valence-electron chi connectivity index (χ3n) is 1.86. The highest BCUT2D eigenvalue weighted by molar-refractivity contribution is 7.87. The van der Waals surface area contributed by atoms with Gasteiger partial charge in [-0.15, -0.1) is 0 Å². The first-order valence-electron chi connectivity index (χ1n) is 5.21. The van der Waals surface area contributed by atoms with Gasteiger partial charge in [0.1, 0.15) is 6.04 Å². The molecule has 0 aromatic rings. The molecule has 1 amide bonds. The fourth-order valence-corrected chi connectivity index (χ4v) is 1.81. The van der Waals surface area contributed by atoms with Crippen molar-refractivity contribution in [2.75, 3.05) is 19.6 Å². The standard InChI is InChI=1S/C8H18N4O5S/c1-6(13)10-4-5-12-18(16,17)11-3-2-7(9)8(14)15/h7,11-12H,2-5,9H2,1H3,(H,10,13)(H,14,15). The van der Waals surface area contributed by atoms with Gasteiger partial charge < -0.3 is 16.2 Å². The number of nitrogens with two attached hydrogens (primary N) is 1. The number of aliphatic carboxylic acids is 1. The summed E-state index contributed by atoms with van der Waals surface area (Å²) < 4.78 is 26.9. The van der Waals surface area contributed by atoms with E-state index in [2.05, 4.69) is 14.8 Å². The molecule has 0 heterocycles. The number of nitrogens with one attached hydrogen (secondary N) is 3. The van der Waals surface area contributed by atoms with Gasteiger partial charge in [0.05, 0.1) is 0 Å². The predicted molar refractivity (Wildman–Crippen MR) is 63.8 cm³/mol. The van der Waals surface area contributed by atoms with Crippen LogP contribution in [0.4, 0.5) is 0 Å². The average molecular weight is 282 g/mol. The van der Waals surface area contributed by atoms with Crippen LogP contribution < -0.4 is 20.5 Å². The zero-order chi connectivity index (χ0) is 14.2. The number of rotatable bonds is 9. The molecule has 0 fully saturated rings. The molecule has 0 spiro atoms. The first-order valence-corrected chi connectivity index (χ1v) is 6.70. The van der Waals surface area contributed by atoms with E-state index in [1.54, 1.807) is 0 Å². The quantitative estimate of drug-likeness (QED) is 0.291. The fraction of sp³-hybridized carbons (Fsp3) is 0.750. The van der Waals surface area contributed by atoms with E-state index >= 15 is 0 Å². The fourth-order valence-electron chi connectivity index (χ4n) is 0.947. The summed E-state index contributed by atoms with van der Waals surface area (Å²) in [5.74, 6) is -1.44. The summed E-state index contributed by atoms with van der Waals surface area (Å²) in [6.07, 6.45) is -0.0120. The third-order valence-corrected chi connectivity index (χ3v) is 3.02. The molecule has 0 saturated heterocycles. The molecule has 1 unspecified atom stereocenters. The average Bonchev–Trinajstić information content (AvgIpc) is 2.23. The van der Waals surface area contributed by atoms with Gasteiger partial charge in [-0.2, -0.15) is 8.42 Å². The van der Waals surface area contributed by atoms with E-state index in [-0.39, 0.29) is 32.0 Å². The van der Waals surface area contributed by atoms with Gasteiger partial charge in [0.15, 0.2) is 0 Å². The molecule has 106 valence electrons. The minimum atomic E-state index is -3.70. The molecule has 6 N–H and O–H groups in total. The van der Waals surface area contributed by atoms with Gasteiger partial charge in [-0.3, -0.25) is 9.59 Å². The maximum atomic E-state index is 11.3. The highest BCUT2D eigenvalue weighted by Gasteiger charge is 2.13. The summed E-state index contributed by atoms with van der Waals surface area (Å²) in [5.41, 5.74) is 5.20. The molecule has 0 aromatic heterocycles. The predicted octanol–water partition coefficient (Wildman–Crippen LogP) is -2.65. The number of hydrogen-bond acceptors (Lipinski definition) is 5. The van der Waals surface area contributed by atoms with Crippen molar-refractivity contribution in [1.82, 2.24) is 14.8 Å². The van der Waals surface area contributed by atoms with E-state index < -0.39 is 22.2 Å². The van der Waals surface area contributed by atoms with E-state index in [4.69, 9.17) is 10.8 Å². The Morgan fingerprint density at radius 1 is 1.22 bits per heavy atom. The normalized spacial score (nSPS) is 13.0. The number of carboxylic acid groups (broad SMARTS) is 1. The molecule has 0 aliphatic rings. The highest BCUT2D eigenvalue weighted by atomic mass is 32.2. The second kappa shape index (κ2) is 7.97. The van der Waals surface area contributed by atoms with Crippen LogP contribution in [0.25, 0.3) is 0 Å². The summed E-state index contributed by atoms with van der Waals surface area (Å²) >= 11 is 0. The Bertz CT molecular complexity index is 383. The minimum Gasteiger partial charge on any atom is -0.480 e. The molecule has 0 aliphatic carbocycles. The second-order valence-corrected chi connectivity index (χ2v) is 5.09. The SMILES string of the molecule is CC(=O)NCCNS(=O)(=O)NCCC(N)C(=O)O. The number of carbonyl (C=O) groups is 2. The van der Waals surface area contributed by atoms with Crippen LogP contribution in [0.5, 0.6) is 0 Å². The Morgan fingerprint density at radius 3 is 2.28 bits per heavy atom. The van der Waals surface area contributed by atoms with Crippen LogP contribution in [-0.4, -0.2) is 51.1 Å². The molecular formula is C8H18N4O5S. The molecule has 0 radical (unpaired) electrons. The van der Waals surface area contributed by atoms with Crippen molar-refractivity contribution in [1.29, 1.82) is 0 Å². The van der Waals surface area contributed by atoms with Crippen molar-refractivity contribution in [3.05, 3.63) is 0 Å². The zero-order valence-electron chi connectivity index (χ0n) is 9.97. The monoisotopic (exact) mass is 282 g/mol. The lowest BCUT2D eigenvalue weighted by Crippen LogP contribution is -2.42. The zero-order valence-corrected chi connectivity index (χ0v) is 10.8. The lowest BCUT2D eigenvalue weighted by Gasteiger charge is -2.09. The number of carboxylic acids is 1. The van der Waals surface area contributed by atoms with Crippen LogP contribution in [0.3, 0.4) is 0 Å². The van der Waals surface area contributed by atoms with Crippen molar-refractivity contribution < 1.29 is 23.1 Å². The van der Waals surface area contributed by atoms with Crippen LogP contribution in [0.2, 0.25) is 0 Å². The van der Waals surface area contributed by atoms with Crippen LogP contribution in [0.15, 0.2) is 0 Å². The van der Waals surface area contributed by atoms with Crippen molar-refractivity contribution in [2.24, 2.45) is 5.73 Å². The first kappa shape index (κ1) is 16.8. The van der Waals surface area contributed by atoms with Crippen molar-refractivity contribution in [3.8, 4) is 0 Å². The van der Waals surface area contributed by atoms with Crippen LogP contribution in [0, 0.1) is 0 Å². The van der Waals surface area contributed by atoms with Crippen LogP contribution >= 0.6 is 0 Å². The minimum absolute atomic E-state index is 0.0120. The summed E-state index contributed by atoms with van der Waals surface area (Å²) in [6.45, 7) is 1.45. The molecule has 9 nitrogen and oxygen atoms in total.